The normalized spacial score (nSPS) is 11.4. The van der Waals surface area contributed by atoms with Crippen LogP contribution in [0.3, 0.4) is 0 Å². The summed E-state index contributed by atoms with van der Waals surface area (Å²) in [6.07, 6.45) is 1.40. The molecule has 0 aliphatic rings. The van der Waals surface area contributed by atoms with E-state index in [-0.39, 0.29) is 22.2 Å². The Bertz CT molecular complexity index is 543. The quantitative estimate of drug-likeness (QED) is 0.348. The van der Waals surface area contributed by atoms with Gasteiger partial charge in [0.1, 0.15) is 4.90 Å². The van der Waals surface area contributed by atoms with Gasteiger partial charge in [-0.05, 0) is 12.5 Å². The van der Waals surface area contributed by atoms with E-state index < -0.39 is 15.0 Å². The van der Waals surface area contributed by atoms with Gasteiger partial charge in [0.05, 0.1) is 16.6 Å². The van der Waals surface area contributed by atoms with Gasteiger partial charge in [-0.2, -0.15) is 8.42 Å². The van der Waals surface area contributed by atoms with Gasteiger partial charge in [-0.1, -0.05) is 24.9 Å². The lowest BCUT2D eigenvalue weighted by Crippen LogP contribution is -2.08. The fourth-order valence-corrected chi connectivity index (χ4v) is 2.64. The van der Waals surface area contributed by atoms with E-state index in [0.29, 0.717) is 6.42 Å². The van der Waals surface area contributed by atoms with Crippen LogP contribution in [0.1, 0.15) is 19.8 Å². The number of nitro groups is 1. The highest BCUT2D eigenvalue weighted by atomic mass is 35.5. The van der Waals surface area contributed by atoms with Crippen molar-refractivity contribution < 1.29 is 17.5 Å². The average Bonchev–Trinajstić information content (AvgIpc) is 2.28. The lowest BCUT2D eigenvalue weighted by Gasteiger charge is -2.06. The van der Waals surface area contributed by atoms with Gasteiger partial charge in [-0.3, -0.25) is 14.3 Å². The number of benzene rings is 1. The number of hydrogen-bond acceptors (Lipinski definition) is 5. The molecule has 1 rings (SSSR count). The van der Waals surface area contributed by atoms with Crippen molar-refractivity contribution in [2.24, 2.45) is 0 Å². The molecule has 0 unspecified atom stereocenters. The van der Waals surface area contributed by atoms with Crippen LogP contribution in [0.25, 0.3) is 0 Å². The maximum absolute atomic E-state index is 11.7. The minimum atomic E-state index is -3.96. The van der Waals surface area contributed by atoms with Gasteiger partial charge in [0.2, 0.25) is 0 Å². The number of non-ortho nitro benzene ring substituents is 1. The predicted octanol–water partition coefficient (Wildman–Crippen LogP) is 2.75. The van der Waals surface area contributed by atoms with E-state index in [9.17, 15) is 18.5 Å². The fraction of sp³-hybridized carbons (Fsp3) is 0.400. The molecule has 0 radical (unpaired) electrons. The van der Waals surface area contributed by atoms with E-state index in [4.69, 9.17) is 15.8 Å². The molecule has 0 atom stereocenters. The zero-order valence-corrected chi connectivity index (χ0v) is 11.2. The number of unbranched alkanes of at least 4 members (excludes halogenated alkanes) is 1. The maximum Gasteiger partial charge on any atom is 0.298 e. The molecule has 1 aromatic rings. The molecule has 0 aliphatic carbocycles. The smallest absolute Gasteiger partial charge is 0.266 e. The van der Waals surface area contributed by atoms with E-state index in [1.54, 1.807) is 0 Å². The summed E-state index contributed by atoms with van der Waals surface area (Å²) in [5.41, 5.74) is -0.271. The Kier molecular flexibility index (Phi) is 5.06. The van der Waals surface area contributed by atoms with Gasteiger partial charge >= 0.3 is 0 Å². The summed E-state index contributed by atoms with van der Waals surface area (Å²) in [4.78, 5) is 9.58. The lowest BCUT2D eigenvalue weighted by molar-refractivity contribution is -0.384. The number of nitro benzene ring substituents is 1. The molecule has 0 amide bonds. The second kappa shape index (κ2) is 6.12. The van der Waals surface area contributed by atoms with Crippen molar-refractivity contribution in [3.8, 4) is 0 Å². The van der Waals surface area contributed by atoms with Crippen molar-refractivity contribution in [1.29, 1.82) is 0 Å². The highest BCUT2D eigenvalue weighted by Crippen LogP contribution is 2.27. The highest BCUT2D eigenvalue weighted by molar-refractivity contribution is 7.86. The minimum Gasteiger partial charge on any atom is -0.266 e. The van der Waals surface area contributed by atoms with Gasteiger partial charge < -0.3 is 0 Å². The first-order chi connectivity index (χ1) is 8.38. The van der Waals surface area contributed by atoms with Crippen molar-refractivity contribution in [1.82, 2.24) is 0 Å². The Morgan fingerprint density at radius 2 is 2.11 bits per heavy atom. The van der Waals surface area contributed by atoms with Crippen LogP contribution in [0.15, 0.2) is 23.1 Å². The molecule has 0 bridgehead atoms. The monoisotopic (exact) mass is 293 g/mol. The van der Waals surface area contributed by atoms with Gasteiger partial charge in [0, 0.05) is 12.1 Å². The molecule has 0 aromatic heterocycles. The summed E-state index contributed by atoms with van der Waals surface area (Å²) in [5.74, 6) is 0. The minimum absolute atomic E-state index is 0.0617. The zero-order chi connectivity index (χ0) is 13.8. The zero-order valence-electron chi connectivity index (χ0n) is 9.63. The summed E-state index contributed by atoms with van der Waals surface area (Å²) >= 11 is 5.71. The fourth-order valence-electron chi connectivity index (χ4n) is 1.18. The standard InChI is InChI=1S/C10H12ClNO5S/c1-2-3-6-17-18(15,16)10-5-4-8(12(13)14)7-9(10)11/h4-5,7H,2-3,6H2,1H3. The first-order valence-electron chi connectivity index (χ1n) is 5.22. The molecule has 1 aromatic carbocycles. The average molecular weight is 294 g/mol. The molecular weight excluding hydrogens is 282 g/mol. The number of rotatable bonds is 6. The van der Waals surface area contributed by atoms with E-state index in [2.05, 4.69) is 0 Å². The van der Waals surface area contributed by atoms with Crippen LogP contribution in [0, 0.1) is 10.1 Å². The SMILES string of the molecule is CCCCOS(=O)(=O)c1ccc([N+](=O)[O-])cc1Cl. The number of halogens is 1. The molecule has 0 heterocycles. The lowest BCUT2D eigenvalue weighted by atomic mass is 10.3. The first kappa shape index (κ1) is 14.9. The largest absolute Gasteiger partial charge is 0.298 e. The van der Waals surface area contributed by atoms with Gasteiger partial charge in [-0.15, -0.1) is 0 Å². The van der Waals surface area contributed by atoms with E-state index in [0.717, 1.165) is 24.6 Å². The second-order valence-electron chi connectivity index (χ2n) is 3.50. The third kappa shape index (κ3) is 3.66. The molecule has 0 fully saturated rings. The maximum atomic E-state index is 11.7. The van der Waals surface area contributed by atoms with Gasteiger partial charge in [-0.25, -0.2) is 0 Å². The second-order valence-corrected chi connectivity index (χ2v) is 5.49. The van der Waals surface area contributed by atoms with Crippen LogP contribution >= 0.6 is 11.6 Å². The topological polar surface area (TPSA) is 86.5 Å². The third-order valence-electron chi connectivity index (χ3n) is 2.13. The van der Waals surface area contributed by atoms with Crippen molar-refractivity contribution in [3.05, 3.63) is 33.3 Å². The Balaban J connectivity index is 2.99. The summed E-state index contributed by atoms with van der Waals surface area (Å²) < 4.78 is 28.2. The Morgan fingerprint density at radius 3 is 2.61 bits per heavy atom. The first-order valence-corrected chi connectivity index (χ1v) is 7.00. The predicted molar refractivity (Wildman–Crippen MR) is 66.2 cm³/mol. The summed E-state index contributed by atoms with van der Waals surface area (Å²) in [6, 6.07) is 3.13. The Morgan fingerprint density at radius 1 is 1.44 bits per heavy atom. The third-order valence-corrected chi connectivity index (χ3v) is 3.93. The molecule has 8 heteroatoms. The molecule has 100 valence electrons. The molecule has 0 spiro atoms. The van der Waals surface area contributed by atoms with Crippen molar-refractivity contribution in [2.75, 3.05) is 6.61 Å². The van der Waals surface area contributed by atoms with Crippen LogP contribution in [0.2, 0.25) is 5.02 Å². The van der Waals surface area contributed by atoms with Crippen LogP contribution in [0.5, 0.6) is 0 Å². The Hall–Kier alpha value is -1.18. The van der Waals surface area contributed by atoms with Crippen molar-refractivity contribution in [3.63, 3.8) is 0 Å². The molecule has 6 nitrogen and oxygen atoms in total. The highest BCUT2D eigenvalue weighted by Gasteiger charge is 2.21. The molecule has 0 N–H and O–H groups in total. The molecule has 0 saturated carbocycles. The van der Waals surface area contributed by atoms with Crippen LogP contribution in [-0.4, -0.2) is 19.9 Å². The van der Waals surface area contributed by atoms with Crippen LogP contribution in [0.4, 0.5) is 5.69 Å². The molecule has 18 heavy (non-hydrogen) atoms. The molecular formula is C10H12ClNO5S. The number of nitrogens with zero attached hydrogens (tertiary/aromatic N) is 1. The number of hydrogen-bond donors (Lipinski definition) is 0. The van der Waals surface area contributed by atoms with Crippen LogP contribution < -0.4 is 0 Å². The Labute approximate surface area is 110 Å². The van der Waals surface area contributed by atoms with Crippen LogP contribution in [-0.2, 0) is 14.3 Å². The molecule has 0 aliphatic heterocycles. The molecule has 0 saturated heterocycles. The summed E-state index contributed by atoms with van der Waals surface area (Å²) in [7, 11) is -3.96. The van der Waals surface area contributed by atoms with Gasteiger partial charge in [0.15, 0.2) is 0 Å². The van der Waals surface area contributed by atoms with E-state index in [1.165, 1.54) is 0 Å². The van der Waals surface area contributed by atoms with Crippen molar-refractivity contribution >= 4 is 27.4 Å². The van der Waals surface area contributed by atoms with Gasteiger partial charge in [0.25, 0.3) is 15.8 Å². The summed E-state index contributed by atoms with van der Waals surface area (Å²) in [5, 5.41) is 10.3. The van der Waals surface area contributed by atoms with Crippen molar-refractivity contribution in [2.45, 2.75) is 24.7 Å². The summed E-state index contributed by atoms with van der Waals surface area (Å²) in [6.45, 7) is 1.96. The van der Waals surface area contributed by atoms with E-state index in [1.807, 2.05) is 6.92 Å². The van der Waals surface area contributed by atoms with E-state index >= 15 is 0 Å².